The van der Waals surface area contributed by atoms with Gasteiger partial charge in [0.1, 0.15) is 0 Å². The van der Waals surface area contributed by atoms with Crippen molar-refractivity contribution in [2.24, 2.45) is 4.99 Å². The van der Waals surface area contributed by atoms with Gasteiger partial charge in [-0.1, -0.05) is 29.0 Å². The maximum atomic E-state index is 12.4. The number of aryl methyl sites for hydroxylation is 1. The van der Waals surface area contributed by atoms with Crippen LogP contribution in [0.25, 0.3) is 10.2 Å². The molecule has 0 bridgehead atoms. The van der Waals surface area contributed by atoms with E-state index in [1.165, 1.54) is 33.9 Å². The molecule has 0 atom stereocenters. The van der Waals surface area contributed by atoms with Gasteiger partial charge in [0, 0.05) is 37.1 Å². The minimum absolute atomic E-state index is 0.0115. The number of benzene rings is 2. The number of carbonyl (C=O) groups is 1. The summed E-state index contributed by atoms with van der Waals surface area (Å²) in [6, 6.07) is 13.0. The summed E-state index contributed by atoms with van der Waals surface area (Å²) < 4.78 is 7.81. The Kier molecular flexibility index (Phi) is 7.78. The molecule has 0 spiro atoms. The Morgan fingerprint density at radius 3 is 2.73 bits per heavy atom. The Morgan fingerprint density at radius 1 is 1.27 bits per heavy atom. The lowest BCUT2D eigenvalue weighted by atomic mass is 10.2. The average molecular weight is 446 g/mol. The van der Waals surface area contributed by atoms with Crippen molar-refractivity contribution >= 4 is 44.9 Å². The van der Waals surface area contributed by atoms with Crippen molar-refractivity contribution in [2.75, 3.05) is 19.5 Å². The number of fused-ring (bicyclic) bond motifs is 1. The third-order valence-corrected chi connectivity index (χ3v) is 6.60. The van der Waals surface area contributed by atoms with E-state index in [4.69, 9.17) is 4.74 Å². The lowest BCUT2D eigenvalue weighted by Crippen LogP contribution is -2.19. The molecule has 0 saturated carbocycles. The lowest BCUT2D eigenvalue weighted by molar-refractivity contribution is -0.384. The Hall–Kier alpha value is -2.49. The van der Waals surface area contributed by atoms with Crippen molar-refractivity contribution in [3.63, 3.8) is 0 Å². The molecule has 3 rings (SSSR count). The number of thiazole rings is 1. The number of ether oxygens (including phenoxy) is 1. The van der Waals surface area contributed by atoms with Gasteiger partial charge >= 0.3 is 0 Å². The molecule has 0 N–H and O–H groups in total. The van der Waals surface area contributed by atoms with Gasteiger partial charge in [-0.15, -0.1) is 11.8 Å². The van der Waals surface area contributed by atoms with Gasteiger partial charge < -0.3 is 9.30 Å². The molecule has 0 aliphatic rings. The molecule has 0 unspecified atom stereocenters. The fraction of sp³-hybridized carbons (Fsp3) is 0.333. The first kappa shape index (κ1) is 22.2. The number of nitro groups is 1. The number of aromatic nitrogens is 1. The van der Waals surface area contributed by atoms with Crippen LogP contribution in [0.3, 0.4) is 0 Å². The standard InChI is InChI=1S/C21H23N3O4S2/c1-15-5-8-17(9-6-15)29-13-3-4-20(25)22-21-23(11-12-28-2)18-14-16(24(26)27)7-10-19(18)30-21/h5-10,14H,3-4,11-13H2,1-2H3. The van der Waals surface area contributed by atoms with Crippen molar-refractivity contribution in [3.8, 4) is 0 Å². The molecule has 9 heteroatoms. The summed E-state index contributed by atoms with van der Waals surface area (Å²) in [5, 5.41) is 11.1. The van der Waals surface area contributed by atoms with Crippen LogP contribution in [0.4, 0.5) is 5.69 Å². The molecular weight excluding hydrogens is 422 g/mol. The lowest BCUT2D eigenvalue weighted by Gasteiger charge is -2.04. The van der Waals surface area contributed by atoms with E-state index in [1.807, 2.05) is 4.57 Å². The van der Waals surface area contributed by atoms with Crippen molar-refractivity contribution in [1.29, 1.82) is 0 Å². The van der Waals surface area contributed by atoms with Gasteiger partial charge in [-0.25, -0.2) is 0 Å². The quantitative estimate of drug-likeness (QED) is 0.208. The van der Waals surface area contributed by atoms with Crippen LogP contribution in [-0.4, -0.2) is 34.9 Å². The van der Waals surface area contributed by atoms with E-state index in [0.29, 0.717) is 29.9 Å². The van der Waals surface area contributed by atoms with E-state index in [9.17, 15) is 14.9 Å². The number of carbonyl (C=O) groups excluding carboxylic acids is 1. The number of nitro benzene ring substituents is 1. The second-order valence-corrected chi connectivity index (χ2v) is 8.89. The minimum atomic E-state index is -0.425. The fourth-order valence-corrected chi connectivity index (χ4v) is 4.77. The zero-order valence-electron chi connectivity index (χ0n) is 16.9. The average Bonchev–Trinajstić information content (AvgIpc) is 3.06. The molecular formula is C21H23N3O4S2. The number of methoxy groups -OCH3 is 1. The van der Waals surface area contributed by atoms with E-state index in [0.717, 1.165) is 16.9 Å². The maximum Gasteiger partial charge on any atom is 0.271 e. The van der Waals surface area contributed by atoms with Gasteiger partial charge in [0.05, 0.1) is 21.7 Å². The first-order valence-electron chi connectivity index (χ1n) is 9.51. The normalized spacial score (nSPS) is 11.9. The maximum absolute atomic E-state index is 12.4. The predicted octanol–water partition coefficient (Wildman–Crippen LogP) is 4.57. The Labute approximate surface area is 182 Å². The molecule has 7 nitrogen and oxygen atoms in total. The second kappa shape index (κ2) is 10.5. The van der Waals surface area contributed by atoms with Crippen LogP contribution in [-0.2, 0) is 16.1 Å². The summed E-state index contributed by atoms with van der Waals surface area (Å²) in [7, 11) is 1.59. The zero-order valence-corrected chi connectivity index (χ0v) is 18.5. The molecule has 2 aromatic carbocycles. The van der Waals surface area contributed by atoms with Gasteiger partial charge in [-0.3, -0.25) is 14.9 Å². The highest BCUT2D eigenvalue weighted by atomic mass is 32.2. The first-order valence-corrected chi connectivity index (χ1v) is 11.3. The van der Waals surface area contributed by atoms with Crippen LogP contribution in [0.1, 0.15) is 18.4 Å². The highest BCUT2D eigenvalue weighted by Crippen LogP contribution is 2.23. The Bertz CT molecular complexity index is 1100. The van der Waals surface area contributed by atoms with E-state index in [1.54, 1.807) is 24.9 Å². The van der Waals surface area contributed by atoms with E-state index < -0.39 is 4.92 Å². The molecule has 158 valence electrons. The number of thioether (sulfide) groups is 1. The number of amides is 1. The summed E-state index contributed by atoms with van der Waals surface area (Å²) in [4.78, 5) is 29.1. The van der Waals surface area contributed by atoms with Crippen LogP contribution in [0, 0.1) is 17.0 Å². The summed E-state index contributed by atoms with van der Waals surface area (Å²) in [5.41, 5.74) is 1.92. The number of hydrogen-bond donors (Lipinski definition) is 0. The molecule has 1 heterocycles. The molecule has 0 saturated heterocycles. The third kappa shape index (κ3) is 5.78. The summed E-state index contributed by atoms with van der Waals surface area (Å²) in [6.45, 7) is 2.94. The van der Waals surface area contributed by atoms with Gasteiger partial charge in [0.15, 0.2) is 4.80 Å². The number of nitrogens with zero attached hydrogens (tertiary/aromatic N) is 3. The van der Waals surface area contributed by atoms with Crippen molar-refractivity contribution in [3.05, 3.63) is 62.9 Å². The smallest absolute Gasteiger partial charge is 0.271 e. The molecule has 0 aliphatic carbocycles. The molecule has 30 heavy (non-hydrogen) atoms. The van der Waals surface area contributed by atoms with Gasteiger partial charge in [0.2, 0.25) is 5.91 Å². The van der Waals surface area contributed by atoms with Crippen molar-refractivity contribution < 1.29 is 14.5 Å². The van der Waals surface area contributed by atoms with Crippen LogP contribution >= 0.6 is 23.1 Å². The van der Waals surface area contributed by atoms with Crippen LogP contribution in [0.5, 0.6) is 0 Å². The molecule has 0 aliphatic heterocycles. The monoisotopic (exact) mass is 445 g/mol. The highest BCUT2D eigenvalue weighted by molar-refractivity contribution is 7.99. The minimum Gasteiger partial charge on any atom is -0.383 e. The highest BCUT2D eigenvalue weighted by Gasteiger charge is 2.13. The first-order chi connectivity index (χ1) is 14.5. The van der Waals surface area contributed by atoms with Gasteiger partial charge in [-0.05, 0) is 37.3 Å². The second-order valence-electron chi connectivity index (χ2n) is 6.71. The van der Waals surface area contributed by atoms with Crippen LogP contribution < -0.4 is 4.80 Å². The molecule has 3 aromatic rings. The summed E-state index contributed by atoms with van der Waals surface area (Å²) >= 11 is 3.08. The largest absolute Gasteiger partial charge is 0.383 e. The number of rotatable bonds is 9. The summed E-state index contributed by atoms with van der Waals surface area (Å²) in [6.07, 6.45) is 1.09. The molecule has 1 amide bonds. The Morgan fingerprint density at radius 2 is 2.03 bits per heavy atom. The topological polar surface area (TPSA) is 86.7 Å². The predicted molar refractivity (Wildman–Crippen MR) is 120 cm³/mol. The van der Waals surface area contributed by atoms with E-state index in [-0.39, 0.29) is 11.6 Å². The van der Waals surface area contributed by atoms with Crippen LogP contribution in [0.2, 0.25) is 0 Å². The van der Waals surface area contributed by atoms with Crippen molar-refractivity contribution in [2.45, 2.75) is 31.2 Å². The van der Waals surface area contributed by atoms with Gasteiger partial charge in [0.25, 0.3) is 5.69 Å². The summed E-state index contributed by atoms with van der Waals surface area (Å²) in [5.74, 6) is 0.652. The molecule has 0 fully saturated rings. The van der Waals surface area contributed by atoms with Gasteiger partial charge in [-0.2, -0.15) is 4.99 Å². The van der Waals surface area contributed by atoms with Crippen LogP contribution in [0.15, 0.2) is 52.4 Å². The zero-order chi connectivity index (χ0) is 21.5. The van der Waals surface area contributed by atoms with Crippen molar-refractivity contribution in [1.82, 2.24) is 4.57 Å². The number of non-ortho nitro benzene ring substituents is 1. The SMILES string of the molecule is COCCn1c(=NC(=O)CCCSc2ccc(C)cc2)sc2ccc([N+](=O)[O-])cc21. The molecule has 1 aromatic heterocycles. The Balaban J connectivity index is 1.72. The number of hydrogen-bond acceptors (Lipinski definition) is 6. The molecule has 0 radical (unpaired) electrons. The van der Waals surface area contributed by atoms with E-state index >= 15 is 0 Å². The third-order valence-electron chi connectivity index (χ3n) is 4.44. The van der Waals surface area contributed by atoms with E-state index in [2.05, 4.69) is 36.2 Å². The fourth-order valence-electron chi connectivity index (χ4n) is 2.87.